The van der Waals surface area contributed by atoms with Gasteiger partial charge in [-0.15, -0.1) is 0 Å². The Morgan fingerprint density at radius 3 is 2.67 bits per heavy atom. The quantitative estimate of drug-likeness (QED) is 0.704. The molecule has 1 nitrogen and oxygen atoms in total. The van der Waals surface area contributed by atoms with E-state index < -0.39 is 5.82 Å². The normalized spacial score (nSPS) is 14.9. The van der Waals surface area contributed by atoms with E-state index in [4.69, 9.17) is 23.2 Å². The van der Waals surface area contributed by atoms with Crippen LogP contribution in [-0.4, -0.2) is 0 Å². The largest absolute Gasteiger partial charge is 0.378 e. The van der Waals surface area contributed by atoms with E-state index in [2.05, 4.69) is 23.5 Å². The fourth-order valence-corrected chi connectivity index (χ4v) is 3.62. The first-order valence-electron chi connectivity index (χ1n) is 7.08. The van der Waals surface area contributed by atoms with Crippen molar-refractivity contribution in [1.29, 1.82) is 0 Å². The number of halogens is 3. The van der Waals surface area contributed by atoms with E-state index in [9.17, 15) is 4.39 Å². The molecule has 1 unspecified atom stereocenters. The van der Waals surface area contributed by atoms with Gasteiger partial charge in [0, 0.05) is 16.3 Å². The average molecular weight is 324 g/mol. The van der Waals surface area contributed by atoms with Gasteiger partial charge in [0.05, 0.1) is 11.1 Å². The summed E-state index contributed by atoms with van der Waals surface area (Å²) in [6, 6.07) is 9.04. The second-order valence-electron chi connectivity index (χ2n) is 5.46. The van der Waals surface area contributed by atoms with E-state index in [1.807, 2.05) is 6.92 Å². The molecule has 0 aliphatic heterocycles. The first kappa shape index (κ1) is 14.7. The van der Waals surface area contributed by atoms with Crippen molar-refractivity contribution in [3.05, 3.63) is 62.9 Å². The van der Waals surface area contributed by atoms with Crippen LogP contribution in [-0.2, 0) is 12.8 Å². The molecule has 0 radical (unpaired) electrons. The van der Waals surface area contributed by atoms with Gasteiger partial charge in [0.15, 0.2) is 0 Å². The fourth-order valence-electron chi connectivity index (χ4n) is 2.92. The van der Waals surface area contributed by atoms with Gasteiger partial charge < -0.3 is 5.32 Å². The maximum Gasteiger partial charge on any atom is 0.142 e. The summed E-state index contributed by atoms with van der Waals surface area (Å²) in [7, 11) is 0. The van der Waals surface area contributed by atoms with E-state index in [0.717, 1.165) is 18.5 Å². The summed E-state index contributed by atoms with van der Waals surface area (Å²) in [4.78, 5) is 0. The lowest BCUT2D eigenvalue weighted by atomic mass is 10.1. The number of anilines is 1. The SMILES string of the molecule is CC(Nc1ccc2c(c1)CCC2)c1c(Cl)ccc(F)c1Cl. The molecule has 110 valence electrons. The van der Waals surface area contributed by atoms with Crippen molar-refractivity contribution in [2.24, 2.45) is 0 Å². The Morgan fingerprint density at radius 1 is 1.10 bits per heavy atom. The Hall–Kier alpha value is -1.25. The molecule has 0 aromatic heterocycles. The molecule has 2 aromatic carbocycles. The molecule has 4 heteroatoms. The Kier molecular flexibility index (Phi) is 4.10. The zero-order valence-electron chi connectivity index (χ0n) is 11.7. The highest BCUT2D eigenvalue weighted by Gasteiger charge is 2.18. The molecule has 0 saturated heterocycles. The van der Waals surface area contributed by atoms with Crippen molar-refractivity contribution in [2.75, 3.05) is 5.32 Å². The third-order valence-corrected chi connectivity index (χ3v) is 4.71. The van der Waals surface area contributed by atoms with Gasteiger partial charge in [-0.25, -0.2) is 4.39 Å². The molecule has 21 heavy (non-hydrogen) atoms. The van der Waals surface area contributed by atoms with Crippen LogP contribution in [0.4, 0.5) is 10.1 Å². The van der Waals surface area contributed by atoms with E-state index in [0.29, 0.717) is 10.6 Å². The lowest BCUT2D eigenvalue weighted by molar-refractivity contribution is 0.624. The van der Waals surface area contributed by atoms with Crippen LogP contribution in [0.1, 0.15) is 36.1 Å². The number of benzene rings is 2. The molecule has 0 saturated carbocycles. The van der Waals surface area contributed by atoms with Gasteiger partial charge in [-0.2, -0.15) is 0 Å². The maximum atomic E-state index is 13.6. The van der Waals surface area contributed by atoms with Crippen LogP contribution in [0.2, 0.25) is 10.0 Å². The van der Waals surface area contributed by atoms with Crippen LogP contribution in [0.15, 0.2) is 30.3 Å². The fraction of sp³-hybridized carbons (Fsp3) is 0.294. The third-order valence-electron chi connectivity index (χ3n) is 3.99. The second kappa shape index (κ2) is 5.86. The highest BCUT2D eigenvalue weighted by atomic mass is 35.5. The van der Waals surface area contributed by atoms with Crippen LogP contribution in [0.25, 0.3) is 0 Å². The van der Waals surface area contributed by atoms with Crippen molar-refractivity contribution < 1.29 is 4.39 Å². The topological polar surface area (TPSA) is 12.0 Å². The van der Waals surface area contributed by atoms with Crippen molar-refractivity contribution in [3.8, 4) is 0 Å². The zero-order valence-corrected chi connectivity index (χ0v) is 13.2. The maximum absolute atomic E-state index is 13.6. The van der Waals surface area contributed by atoms with Crippen molar-refractivity contribution >= 4 is 28.9 Å². The van der Waals surface area contributed by atoms with Crippen LogP contribution in [0.5, 0.6) is 0 Å². The van der Waals surface area contributed by atoms with E-state index in [-0.39, 0.29) is 11.1 Å². The van der Waals surface area contributed by atoms with Crippen molar-refractivity contribution in [1.82, 2.24) is 0 Å². The summed E-state index contributed by atoms with van der Waals surface area (Å²) in [5.41, 5.74) is 4.43. The Balaban J connectivity index is 1.87. The monoisotopic (exact) mass is 323 g/mol. The van der Waals surface area contributed by atoms with Crippen LogP contribution in [0.3, 0.4) is 0 Å². The molecule has 2 aromatic rings. The summed E-state index contributed by atoms with van der Waals surface area (Å²) in [5.74, 6) is -0.446. The molecule has 1 aliphatic rings. The minimum absolute atomic E-state index is 0.0867. The predicted octanol–water partition coefficient (Wildman–Crippen LogP) is 5.79. The smallest absolute Gasteiger partial charge is 0.142 e. The van der Waals surface area contributed by atoms with Gasteiger partial charge in [-0.05, 0) is 61.6 Å². The lowest BCUT2D eigenvalue weighted by Crippen LogP contribution is -2.09. The molecule has 1 aliphatic carbocycles. The molecule has 0 spiro atoms. The van der Waals surface area contributed by atoms with Crippen molar-refractivity contribution in [3.63, 3.8) is 0 Å². The number of rotatable bonds is 3. The Bertz CT molecular complexity index is 685. The minimum atomic E-state index is -0.446. The summed E-state index contributed by atoms with van der Waals surface area (Å²) in [5, 5.41) is 3.92. The summed E-state index contributed by atoms with van der Waals surface area (Å²) >= 11 is 12.2. The van der Waals surface area contributed by atoms with Crippen LogP contribution in [0, 0.1) is 5.82 Å². The standard InChI is InChI=1S/C17H16Cl2FN/c1-10(16-14(18)7-8-15(20)17(16)19)21-13-6-5-11-3-2-4-12(11)9-13/h5-10,21H,2-4H2,1H3. The lowest BCUT2D eigenvalue weighted by Gasteiger charge is -2.19. The molecule has 0 amide bonds. The summed E-state index contributed by atoms with van der Waals surface area (Å²) in [6.07, 6.45) is 3.50. The van der Waals surface area contributed by atoms with Crippen LogP contribution < -0.4 is 5.32 Å². The highest BCUT2D eigenvalue weighted by molar-refractivity contribution is 6.36. The van der Waals surface area contributed by atoms with Gasteiger partial charge in [0.2, 0.25) is 0 Å². The highest BCUT2D eigenvalue weighted by Crippen LogP contribution is 2.34. The molecule has 1 N–H and O–H groups in total. The average Bonchev–Trinajstić information content (AvgIpc) is 2.91. The summed E-state index contributed by atoms with van der Waals surface area (Å²) in [6.45, 7) is 1.93. The third kappa shape index (κ3) is 2.88. The Morgan fingerprint density at radius 2 is 1.86 bits per heavy atom. The van der Waals surface area contributed by atoms with Gasteiger partial charge >= 0.3 is 0 Å². The van der Waals surface area contributed by atoms with Crippen LogP contribution >= 0.6 is 23.2 Å². The zero-order chi connectivity index (χ0) is 15.0. The molecular weight excluding hydrogens is 308 g/mol. The molecule has 1 atom stereocenters. The van der Waals surface area contributed by atoms with Crippen molar-refractivity contribution in [2.45, 2.75) is 32.2 Å². The minimum Gasteiger partial charge on any atom is -0.378 e. The Labute approximate surface area is 134 Å². The number of hydrogen-bond donors (Lipinski definition) is 1. The second-order valence-corrected chi connectivity index (χ2v) is 6.25. The van der Waals surface area contributed by atoms with Gasteiger partial charge in [0.25, 0.3) is 0 Å². The number of nitrogens with one attached hydrogen (secondary N) is 1. The molecule has 3 rings (SSSR count). The van der Waals surface area contributed by atoms with E-state index >= 15 is 0 Å². The van der Waals surface area contributed by atoms with Gasteiger partial charge in [-0.3, -0.25) is 0 Å². The van der Waals surface area contributed by atoms with E-state index in [1.165, 1.54) is 23.6 Å². The first-order valence-corrected chi connectivity index (χ1v) is 7.83. The number of hydrogen-bond acceptors (Lipinski definition) is 1. The van der Waals surface area contributed by atoms with E-state index in [1.54, 1.807) is 6.07 Å². The molecule has 0 fully saturated rings. The number of fused-ring (bicyclic) bond motifs is 1. The summed E-state index contributed by atoms with van der Waals surface area (Å²) < 4.78 is 13.6. The van der Waals surface area contributed by atoms with Gasteiger partial charge in [-0.1, -0.05) is 29.3 Å². The predicted molar refractivity (Wildman–Crippen MR) is 86.9 cm³/mol. The molecule has 0 heterocycles. The molecule has 0 bridgehead atoms. The van der Waals surface area contributed by atoms with Gasteiger partial charge in [0.1, 0.15) is 5.82 Å². The first-order chi connectivity index (χ1) is 10.1. The molecular formula is C17H16Cl2FN. The number of aryl methyl sites for hydroxylation is 2.